The molecule has 0 spiro atoms. The zero-order valence-corrected chi connectivity index (χ0v) is 17.8. The van der Waals surface area contributed by atoms with Crippen molar-refractivity contribution < 1.29 is 27.9 Å². The van der Waals surface area contributed by atoms with Gasteiger partial charge in [-0.05, 0) is 48.6 Å². The molecule has 4 atom stereocenters. The number of benzene rings is 1. The summed E-state index contributed by atoms with van der Waals surface area (Å²) in [5, 5.41) is 14.4. The lowest BCUT2D eigenvalue weighted by molar-refractivity contribution is -0.137. The first-order valence-corrected chi connectivity index (χ1v) is 10.7. The van der Waals surface area contributed by atoms with Crippen LogP contribution in [0, 0.1) is 17.8 Å². The van der Waals surface area contributed by atoms with Gasteiger partial charge in [0.2, 0.25) is 5.91 Å². The predicted octanol–water partition coefficient (Wildman–Crippen LogP) is 3.71. The largest absolute Gasteiger partial charge is 0.465 e. The van der Waals surface area contributed by atoms with Crippen LogP contribution in [0.25, 0.3) is 0 Å². The van der Waals surface area contributed by atoms with Crippen molar-refractivity contribution in [2.75, 3.05) is 13.1 Å². The maximum absolute atomic E-state index is 13.0. The molecule has 1 aliphatic heterocycles. The first-order chi connectivity index (χ1) is 14.5. The molecule has 2 amide bonds. The molecular weight excluding hydrogens is 411 g/mol. The van der Waals surface area contributed by atoms with Gasteiger partial charge >= 0.3 is 12.3 Å². The van der Waals surface area contributed by atoms with E-state index in [1.807, 2.05) is 13.8 Å². The second-order valence-electron chi connectivity index (χ2n) is 9.14. The maximum atomic E-state index is 13.0. The van der Waals surface area contributed by atoms with E-state index in [-0.39, 0.29) is 23.8 Å². The predicted molar refractivity (Wildman–Crippen MR) is 109 cm³/mol. The Morgan fingerprint density at radius 2 is 1.97 bits per heavy atom. The number of rotatable bonds is 7. The Morgan fingerprint density at radius 1 is 1.23 bits per heavy atom. The van der Waals surface area contributed by atoms with Gasteiger partial charge in [0.1, 0.15) is 6.04 Å². The summed E-state index contributed by atoms with van der Waals surface area (Å²) < 4.78 is 38.9. The Balaban J connectivity index is 1.59. The highest BCUT2D eigenvalue weighted by Crippen LogP contribution is 2.39. The molecule has 2 aliphatic rings. The van der Waals surface area contributed by atoms with E-state index in [1.165, 1.54) is 12.1 Å². The summed E-state index contributed by atoms with van der Waals surface area (Å²) >= 11 is 0. The molecule has 31 heavy (non-hydrogen) atoms. The average Bonchev–Trinajstić information content (AvgIpc) is 3.21. The maximum Gasteiger partial charge on any atom is 0.416 e. The van der Waals surface area contributed by atoms with Crippen molar-refractivity contribution in [3.8, 4) is 0 Å². The molecule has 3 rings (SSSR count). The number of likely N-dealkylation sites (tertiary alicyclic amines) is 1. The van der Waals surface area contributed by atoms with Gasteiger partial charge in [-0.3, -0.25) is 9.69 Å². The van der Waals surface area contributed by atoms with Gasteiger partial charge in [0, 0.05) is 25.7 Å². The summed E-state index contributed by atoms with van der Waals surface area (Å²) in [6.07, 6.45) is -3.39. The number of carbonyl (C=O) groups is 2. The van der Waals surface area contributed by atoms with Gasteiger partial charge in [0.15, 0.2) is 0 Å². The molecule has 1 aromatic rings. The number of halogens is 3. The lowest BCUT2D eigenvalue weighted by Crippen LogP contribution is -2.51. The highest BCUT2D eigenvalue weighted by Gasteiger charge is 2.43. The summed E-state index contributed by atoms with van der Waals surface area (Å²) in [6, 6.07) is 4.57. The Labute approximate surface area is 180 Å². The molecule has 6 nitrogen and oxygen atoms in total. The average molecular weight is 441 g/mol. The molecule has 172 valence electrons. The Kier molecular flexibility index (Phi) is 7.13. The summed E-state index contributed by atoms with van der Waals surface area (Å²) in [5.41, 5.74) is -0.0188. The fraction of sp³-hybridized carbons (Fsp3) is 0.636. The molecule has 2 fully saturated rings. The number of alkyl halides is 3. The second kappa shape index (κ2) is 9.46. The van der Waals surface area contributed by atoms with Crippen molar-refractivity contribution >= 4 is 12.0 Å². The zero-order chi connectivity index (χ0) is 22.8. The van der Waals surface area contributed by atoms with Crippen molar-refractivity contribution in [3.63, 3.8) is 0 Å². The second-order valence-corrected chi connectivity index (χ2v) is 9.14. The third-order valence-electron chi connectivity index (χ3n) is 6.24. The number of carbonyl (C=O) groups excluding carboxylic acids is 1. The van der Waals surface area contributed by atoms with Gasteiger partial charge in [0.25, 0.3) is 0 Å². The molecule has 1 saturated carbocycles. The lowest BCUT2D eigenvalue weighted by Gasteiger charge is -2.25. The fourth-order valence-electron chi connectivity index (χ4n) is 4.91. The van der Waals surface area contributed by atoms with Crippen LogP contribution >= 0.6 is 0 Å². The van der Waals surface area contributed by atoms with Gasteiger partial charge in [-0.2, -0.15) is 13.2 Å². The minimum atomic E-state index is -4.36. The van der Waals surface area contributed by atoms with E-state index in [2.05, 4.69) is 15.5 Å². The van der Waals surface area contributed by atoms with Crippen LogP contribution in [-0.4, -0.2) is 47.2 Å². The van der Waals surface area contributed by atoms with E-state index in [1.54, 1.807) is 6.07 Å². The van der Waals surface area contributed by atoms with Crippen molar-refractivity contribution in [3.05, 3.63) is 35.4 Å². The van der Waals surface area contributed by atoms with Gasteiger partial charge in [-0.15, -0.1) is 0 Å². The number of nitrogens with one attached hydrogen (secondary N) is 2. The van der Waals surface area contributed by atoms with E-state index >= 15 is 0 Å². The smallest absolute Gasteiger partial charge is 0.416 e. The Hall–Kier alpha value is -2.29. The molecule has 0 radical (unpaired) electrons. The van der Waals surface area contributed by atoms with Gasteiger partial charge < -0.3 is 15.7 Å². The topological polar surface area (TPSA) is 81.7 Å². The minimum Gasteiger partial charge on any atom is -0.465 e. The highest BCUT2D eigenvalue weighted by atomic mass is 19.4. The van der Waals surface area contributed by atoms with E-state index in [9.17, 15) is 22.8 Å². The van der Waals surface area contributed by atoms with Crippen LogP contribution in [0.3, 0.4) is 0 Å². The summed E-state index contributed by atoms with van der Waals surface area (Å²) in [4.78, 5) is 25.9. The summed E-state index contributed by atoms with van der Waals surface area (Å²) in [7, 11) is 0. The number of carboxylic acid groups (broad SMARTS) is 1. The van der Waals surface area contributed by atoms with Crippen LogP contribution in [0.15, 0.2) is 24.3 Å². The van der Waals surface area contributed by atoms with Crippen molar-refractivity contribution in [2.24, 2.45) is 17.8 Å². The van der Waals surface area contributed by atoms with Crippen LogP contribution in [0.5, 0.6) is 0 Å². The third kappa shape index (κ3) is 6.12. The van der Waals surface area contributed by atoms with Crippen molar-refractivity contribution in [1.82, 2.24) is 15.5 Å². The number of hydrogen-bond acceptors (Lipinski definition) is 3. The SMILES string of the molecule is CC(C)C[C@@H](NC(=O)O)C(=O)N[C@H]1CC[C@@H]2CN(Cc3cccc(C(F)(F)F)c3)C[C@@H]21. The molecule has 3 N–H and O–H groups in total. The lowest BCUT2D eigenvalue weighted by atomic mass is 9.97. The third-order valence-corrected chi connectivity index (χ3v) is 6.24. The Morgan fingerprint density at radius 3 is 2.61 bits per heavy atom. The van der Waals surface area contributed by atoms with Crippen LogP contribution in [0.1, 0.15) is 44.2 Å². The van der Waals surface area contributed by atoms with E-state index in [0.717, 1.165) is 25.5 Å². The first-order valence-electron chi connectivity index (χ1n) is 10.7. The molecule has 0 bridgehead atoms. The van der Waals surface area contributed by atoms with E-state index in [0.29, 0.717) is 31.0 Å². The van der Waals surface area contributed by atoms with E-state index in [4.69, 9.17) is 5.11 Å². The molecule has 9 heteroatoms. The van der Waals surface area contributed by atoms with Crippen LogP contribution < -0.4 is 10.6 Å². The minimum absolute atomic E-state index is 0.0470. The number of hydrogen-bond donors (Lipinski definition) is 3. The van der Waals surface area contributed by atoms with Crippen molar-refractivity contribution in [2.45, 2.75) is 57.9 Å². The normalized spacial score (nSPS) is 24.8. The number of amides is 2. The molecular formula is C22H30F3N3O3. The van der Waals surface area contributed by atoms with Gasteiger partial charge in [-0.1, -0.05) is 32.0 Å². The molecule has 1 saturated heterocycles. The molecule has 1 aromatic carbocycles. The van der Waals surface area contributed by atoms with Gasteiger partial charge in [0.05, 0.1) is 5.56 Å². The standard InChI is InChI=1S/C22H30F3N3O3/c1-13(2)8-19(27-21(30)31)20(29)26-18-7-6-15-11-28(12-17(15)18)10-14-4-3-5-16(9-14)22(23,24)25/h3-5,9,13,15,17-19,27H,6-8,10-12H2,1-2H3,(H,26,29)(H,30,31)/t15-,17+,18+,19-/m1/s1. The van der Waals surface area contributed by atoms with E-state index < -0.39 is 23.9 Å². The monoisotopic (exact) mass is 441 g/mol. The fourth-order valence-corrected chi connectivity index (χ4v) is 4.91. The summed E-state index contributed by atoms with van der Waals surface area (Å²) in [6.45, 7) is 5.79. The van der Waals surface area contributed by atoms with Gasteiger partial charge in [-0.25, -0.2) is 4.79 Å². The van der Waals surface area contributed by atoms with Crippen LogP contribution in [0.2, 0.25) is 0 Å². The van der Waals surface area contributed by atoms with Crippen molar-refractivity contribution in [1.29, 1.82) is 0 Å². The molecule has 0 aromatic heterocycles. The van der Waals surface area contributed by atoms with Crippen LogP contribution in [-0.2, 0) is 17.5 Å². The Bertz CT molecular complexity index is 800. The number of nitrogens with zero attached hydrogens (tertiary/aromatic N) is 1. The first kappa shape index (κ1) is 23.4. The quantitative estimate of drug-likeness (QED) is 0.603. The highest BCUT2D eigenvalue weighted by molar-refractivity contribution is 5.85. The molecule has 1 aliphatic carbocycles. The number of fused-ring (bicyclic) bond motifs is 1. The molecule has 0 unspecified atom stereocenters. The summed E-state index contributed by atoms with van der Waals surface area (Å²) in [5.74, 6) is 0.456. The van der Waals surface area contributed by atoms with Crippen LogP contribution in [0.4, 0.5) is 18.0 Å². The zero-order valence-electron chi connectivity index (χ0n) is 17.8. The molecule has 1 heterocycles.